The number of pyridine rings is 2. The van der Waals surface area contributed by atoms with Crippen LogP contribution in [-0.4, -0.2) is 63.2 Å². The molecule has 0 unspecified atom stereocenters. The SMILES string of the molecule is C[N+]1=C=[N+](c2[c-]ccc3c2oc2ccccc23)C=C1.C[N+]1=C=[N+](c2[c-]cccc2)C=C1.[Ir].[Ir].[c-]1cccc2c1c1ncc3n1c1c(cccc21)CC3.[c-]1cccc2c1c1ncc3n1c1c(cccc21)CC3. The van der Waals surface area contributed by atoms with Gasteiger partial charge < -0.3 is 13.2 Å². The van der Waals surface area contributed by atoms with E-state index in [0.717, 1.165) is 81.1 Å². The normalized spacial score (nSPS) is 13.7. The zero-order valence-electron chi connectivity index (χ0n) is 38.6. The summed E-state index contributed by atoms with van der Waals surface area (Å²) in [5.41, 5.74) is 13.9. The van der Waals surface area contributed by atoms with Crippen molar-refractivity contribution in [2.45, 2.75) is 25.7 Å². The Bertz CT molecular complexity index is 4160. The molecule has 0 atom stereocenters. The number of fused-ring (bicyclic) bond motifs is 9. The van der Waals surface area contributed by atoms with E-state index >= 15 is 0 Å². The molecule has 0 saturated carbocycles. The van der Waals surface area contributed by atoms with Crippen LogP contribution in [0.15, 0.2) is 175 Å². The molecule has 0 spiro atoms. The van der Waals surface area contributed by atoms with Gasteiger partial charge in [0, 0.05) is 80.4 Å². The van der Waals surface area contributed by atoms with Gasteiger partial charge in [0.05, 0.1) is 16.9 Å². The molecule has 4 aliphatic heterocycles. The van der Waals surface area contributed by atoms with E-state index in [2.05, 4.69) is 122 Å². The first-order chi connectivity index (χ1) is 34.1. The summed E-state index contributed by atoms with van der Waals surface area (Å²) in [5.74, 6) is 0. The number of rotatable bonds is 2. The molecule has 0 N–H and O–H groups in total. The Morgan fingerprint density at radius 1 is 0.493 bits per heavy atom. The smallest absolute Gasteiger partial charge is 0.493 e. The third-order valence-corrected chi connectivity index (χ3v) is 13.3. The molecule has 9 nitrogen and oxygen atoms in total. The molecule has 9 heterocycles. The van der Waals surface area contributed by atoms with E-state index in [9.17, 15) is 0 Å². The number of aromatic nitrogens is 4. The molecule has 11 heteroatoms. The molecule has 2 radical (unpaired) electrons. The van der Waals surface area contributed by atoms with Gasteiger partial charge in [-0.05, 0) is 53.6 Å². The van der Waals surface area contributed by atoms with Gasteiger partial charge in [-0.1, -0.05) is 95.1 Å². The van der Waals surface area contributed by atoms with Crippen molar-refractivity contribution in [1.82, 2.24) is 18.8 Å². The van der Waals surface area contributed by atoms with Gasteiger partial charge in [-0.2, -0.15) is 30.3 Å². The Morgan fingerprint density at radius 2 is 1.04 bits per heavy atom. The molecule has 0 saturated heterocycles. The summed E-state index contributed by atoms with van der Waals surface area (Å²) < 4.78 is 18.2. The van der Waals surface area contributed by atoms with E-state index in [-0.39, 0.29) is 40.2 Å². The fraction of sp³-hybridized carbons (Fsp3) is 0.100. The Labute approximate surface area is 436 Å². The summed E-state index contributed by atoms with van der Waals surface area (Å²) in [6.07, 6.45) is 16.2. The minimum Gasteiger partial charge on any atom is -0.509 e. The molecule has 0 bridgehead atoms. The van der Waals surface area contributed by atoms with E-state index in [0.29, 0.717) is 0 Å². The standard InChI is InChI=1S/2C17H11N2.C16H11N2O.C10H9N2.2Ir/c2*1-2-6-15-13(5-1)14-7-3-4-11-8-9-12-10-18-17(15)19(12)16(11)14;1-17-9-10-18(11-17)14-7-4-6-13-12-5-2-3-8-15(12)19-16(13)14;1-11-7-8-12(9-11)10-5-3-2-4-6-10;;/h2*1-5,7,10H,8-9H2;2-6,8-10H,1H3;2-5,7-8H,1H3;;/q2*-1;2*+1;;. The zero-order valence-corrected chi connectivity index (χ0v) is 43.4. The van der Waals surface area contributed by atoms with E-state index in [1.165, 1.54) is 55.1 Å². The molecule has 12 aromatic rings. The van der Waals surface area contributed by atoms with Crippen molar-refractivity contribution in [2.24, 2.45) is 0 Å². The van der Waals surface area contributed by atoms with Crippen LogP contribution in [0.2, 0.25) is 0 Å². The van der Waals surface area contributed by atoms with Crippen molar-refractivity contribution in [3.05, 3.63) is 217 Å². The molecule has 71 heavy (non-hydrogen) atoms. The van der Waals surface area contributed by atoms with Gasteiger partial charge in [-0.3, -0.25) is 9.97 Å². The summed E-state index contributed by atoms with van der Waals surface area (Å²) in [5, 5.41) is 9.63. The topological polar surface area (TPSA) is 59.8 Å². The summed E-state index contributed by atoms with van der Waals surface area (Å²) in [7, 11) is 3.88. The Balaban J connectivity index is 0.000000103. The second-order valence-electron chi connectivity index (χ2n) is 17.5. The van der Waals surface area contributed by atoms with Crippen molar-refractivity contribution in [3.63, 3.8) is 0 Å². The predicted molar refractivity (Wildman–Crippen MR) is 271 cm³/mol. The first-order valence-corrected chi connectivity index (χ1v) is 23.2. The maximum atomic E-state index is 5.97. The number of benzene rings is 7. The van der Waals surface area contributed by atoms with Crippen molar-refractivity contribution < 1.29 is 62.9 Å². The van der Waals surface area contributed by atoms with E-state index in [4.69, 9.17) is 4.42 Å². The largest absolute Gasteiger partial charge is 0.509 e. The number of hydrogen-bond acceptors (Lipinski definition) is 3. The van der Waals surface area contributed by atoms with Gasteiger partial charge in [0.2, 0.25) is 12.4 Å². The summed E-state index contributed by atoms with van der Waals surface area (Å²) in [6.45, 7) is 0. The summed E-state index contributed by atoms with van der Waals surface area (Å²) in [4.78, 5) is 9.27. The van der Waals surface area contributed by atoms with Crippen molar-refractivity contribution in [2.75, 3.05) is 14.1 Å². The molecule has 4 aliphatic rings. The minimum absolute atomic E-state index is 0. The number of furan rings is 1. The van der Waals surface area contributed by atoms with Gasteiger partial charge in [0.15, 0.2) is 19.8 Å². The number of hydrogen-bond donors (Lipinski definition) is 0. The number of nitrogens with zero attached hydrogens (tertiary/aromatic N) is 8. The fourth-order valence-electron chi connectivity index (χ4n) is 10.2. The summed E-state index contributed by atoms with van der Waals surface area (Å²) in [6, 6.07) is 64.8. The molecule has 346 valence electrons. The van der Waals surface area contributed by atoms with Crippen LogP contribution in [-0.2, 0) is 65.9 Å². The molecular formula is C60H42Ir2N8O. The van der Waals surface area contributed by atoms with Crippen LogP contribution in [0.1, 0.15) is 22.5 Å². The van der Waals surface area contributed by atoms with Crippen molar-refractivity contribution in [3.8, 4) is 0 Å². The van der Waals surface area contributed by atoms with E-state index < -0.39 is 0 Å². The zero-order chi connectivity index (χ0) is 46.0. The van der Waals surface area contributed by atoms with E-state index in [1.807, 2.05) is 136 Å². The molecule has 5 aromatic heterocycles. The van der Waals surface area contributed by atoms with E-state index in [1.54, 1.807) is 0 Å². The molecular weight excluding hydrogens is 1230 g/mol. The molecule has 0 fully saturated rings. The van der Waals surface area contributed by atoms with Gasteiger partial charge >= 0.3 is 12.0 Å². The van der Waals surface area contributed by atoms with Crippen LogP contribution in [0.4, 0.5) is 11.4 Å². The third kappa shape index (κ3) is 7.90. The van der Waals surface area contributed by atoms with Gasteiger partial charge in [-0.15, -0.1) is 71.4 Å². The number of imidazole rings is 2. The first-order valence-electron chi connectivity index (χ1n) is 23.2. The Hall–Kier alpha value is -7.70. The monoisotopic (exact) mass is 1280 g/mol. The fourth-order valence-corrected chi connectivity index (χ4v) is 10.2. The number of para-hydroxylation sites is 4. The van der Waals surface area contributed by atoms with Gasteiger partial charge in [0.25, 0.3) is 12.4 Å². The molecule has 16 rings (SSSR count). The van der Waals surface area contributed by atoms with Crippen LogP contribution >= 0.6 is 0 Å². The molecule has 0 amide bonds. The third-order valence-electron chi connectivity index (χ3n) is 13.3. The first kappa shape index (κ1) is 45.7. The summed E-state index contributed by atoms with van der Waals surface area (Å²) >= 11 is 0. The maximum absolute atomic E-state index is 5.97. The van der Waals surface area contributed by atoms with Crippen LogP contribution < -0.4 is 0 Å². The van der Waals surface area contributed by atoms with Crippen LogP contribution in [0.5, 0.6) is 0 Å². The van der Waals surface area contributed by atoms with Crippen molar-refractivity contribution >= 4 is 100.0 Å². The van der Waals surface area contributed by atoms with Gasteiger partial charge in [0.1, 0.15) is 11.3 Å². The second kappa shape index (κ2) is 18.9. The maximum Gasteiger partial charge on any atom is 0.493 e. The average Bonchev–Trinajstić information content (AvgIpc) is 4.28. The average molecular weight is 1280 g/mol. The van der Waals surface area contributed by atoms with Crippen LogP contribution in [0, 0.1) is 24.3 Å². The Morgan fingerprint density at radius 3 is 1.62 bits per heavy atom. The molecule has 7 aromatic carbocycles. The van der Waals surface area contributed by atoms with Crippen molar-refractivity contribution in [1.29, 1.82) is 0 Å². The predicted octanol–water partition coefficient (Wildman–Crippen LogP) is 11.8. The van der Waals surface area contributed by atoms with Crippen LogP contribution in [0.3, 0.4) is 0 Å². The minimum atomic E-state index is 0. The number of aryl methyl sites for hydroxylation is 4. The quantitative estimate of drug-likeness (QED) is 0.0984. The van der Waals surface area contributed by atoms with Gasteiger partial charge in [-0.25, -0.2) is 0 Å². The Kier molecular flexibility index (Phi) is 12.2. The second-order valence-corrected chi connectivity index (χ2v) is 17.5. The van der Waals surface area contributed by atoms with Crippen LogP contribution in [0.25, 0.3) is 76.6 Å². The molecule has 0 aliphatic carbocycles.